The Hall–Kier alpha value is -1.57. The summed E-state index contributed by atoms with van der Waals surface area (Å²) in [5.41, 5.74) is 1.47. The molecule has 2 heteroatoms. The molecule has 0 saturated carbocycles. The first kappa shape index (κ1) is 25.5. The van der Waals surface area contributed by atoms with Crippen LogP contribution in [0.25, 0.3) is 0 Å². The summed E-state index contributed by atoms with van der Waals surface area (Å²) in [4.78, 5) is 11.5. The molecule has 1 rings (SSSR count). The third-order valence-corrected chi connectivity index (χ3v) is 5.64. The summed E-state index contributed by atoms with van der Waals surface area (Å²) in [5, 5.41) is 0. The second kappa shape index (κ2) is 16.3. The predicted octanol–water partition coefficient (Wildman–Crippen LogP) is 7.91. The van der Waals surface area contributed by atoms with E-state index in [1.165, 1.54) is 50.5 Å². The van der Waals surface area contributed by atoms with Gasteiger partial charge < -0.3 is 4.74 Å². The predicted molar refractivity (Wildman–Crippen MR) is 125 cm³/mol. The summed E-state index contributed by atoms with van der Waals surface area (Å²) in [6.07, 6.45) is 17.3. The van der Waals surface area contributed by atoms with Crippen molar-refractivity contribution in [2.45, 2.75) is 104 Å². The molecule has 2 nitrogen and oxygen atoms in total. The van der Waals surface area contributed by atoms with Crippen molar-refractivity contribution >= 4 is 5.97 Å². The number of esters is 1. The van der Waals surface area contributed by atoms with Crippen LogP contribution >= 0.6 is 0 Å². The Kier molecular flexibility index (Phi) is 14.3. The van der Waals surface area contributed by atoms with E-state index < -0.39 is 0 Å². The molecule has 0 aromatic heterocycles. The maximum atomic E-state index is 11.5. The third-order valence-electron chi connectivity index (χ3n) is 5.64. The standard InChI is InChI=1S/C27H44O2/c1-5-16-26(21-14-9-13-20-25-18-11-8-12-19-25)24(4)17-10-6-7-15-22-27(28)29-23(2)3/h6,8,10-12,18-19,23-24,26H,5,7,9,13-17,20-22H2,1-4H3/b10-6-/t24-,26?/m1/s1. The zero-order valence-corrected chi connectivity index (χ0v) is 19.4. The van der Waals surface area contributed by atoms with Gasteiger partial charge >= 0.3 is 5.97 Å². The second-order valence-electron chi connectivity index (χ2n) is 8.75. The van der Waals surface area contributed by atoms with Crippen molar-refractivity contribution in [1.29, 1.82) is 0 Å². The Morgan fingerprint density at radius 3 is 2.41 bits per heavy atom. The Morgan fingerprint density at radius 2 is 1.72 bits per heavy atom. The van der Waals surface area contributed by atoms with Crippen LogP contribution in [0.3, 0.4) is 0 Å². The van der Waals surface area contributed by atoms with E-state index in [-0.39, 0.29) is 12.1 Å². The Bertz CT molecular complexity index is 547. The monoisotopic (exact) mass is 400 g/mol. The maximum absolute atomic E-state index is 11.5. The molecular weight excluding hydrogens is 356 g/mol. The summed E-state index contributed by atoms with van der Waals surface area (Å²) in [6, 6.07) is 10.8. The lowest BCUT2D eigenvalue weighted by Gasteiger charge is -2.22. The lowest BCUT2D eigenvalue weighted by Crippen LogP contribution is -2.11. The van der Waals surface area contributed by atoms with Crippen LogP contribution in [0.5, 0.6) is 0 Å². The third kappa shape index (κ3) is 13.3. The van der Waals surface area contributed by atoms with E-state index in [1.54, 1.807) is 0 Å². The number of aryl methyl sites for hydroxylation is 1. The minimum atomic E-state index is -0.0722. The topological polar surface area (TPSA) is 26.3 Å². The van der Waals surface area contributed by atoms with Gasteiger partial charge in [-0.1, -0.05) is 88.4 Å². The van der Waals surface area contributed by atoms with E-state index in [0.29, 0.717) is 6.42 Å². The molecule has 1 aromatic rings. The van der Waals surface area contributed by atoms with E-state index in [0.717, 1.165) is 31.1 Å². The fourth-order valence-electron chi connectivity index (χ4n) is 3.95. The van der Waals surface area contributed by atoms with Crippen LogP contribution in [0, 0.1) is 11.8 Å². The van der Waals surface area contributed by atoms with Crippen LogP contribution in [0.15, 0.2) is 42.5 Å². The number of carbonyl (C=O) groups excluding carboxylic acids is 1. The van der Waals surface area contributed by atoms with Crippen LogP contribution in [-0.2, 0) is 16.0 Å². The minimum Gasteiger partial charge on any atom is -0.463 e. The lowest BCUT2D eigenvalue weighted by molar-refractivity contribution is -0.147. The molecule has 0 heterocycles. The molecule has 0 saturated heterocycles. The van der Waals surface area contributed by atoms with Gasteiger partial charge in [0.25, 0.3) is 0 Å². The molecule has 0 N–H and O–H groups in total. The summed E-state index contributed by atoms with van der Waals surface area (Å²) in [6.45, 7) is 8.51. The molecule has 0 spiro atoms. The molecule has 1 aromatic carbocycles. The van der Waals surface area contributed by atoms with Gasteiger partial charge in [0.2, 0.25) is 0 Å². The largest absolute Gasteiger partial charge is 0.463 e. The zero-order valence-electron chi connectivity index (χ0n) is 19.4. The number of carbonyl (C=O) groups is 1. The highest BCUT2D eigenvalue weighted by Gasteiger charge is 2.15. The number of hydrogen-bond acceptors (Lipinski definition) is 2. The normalized spacial score (nSPS) is 13.7. The first-order valence-electron chi connectivity index (χ1n) is 11.9. The van der Waals surface area contributed by atoms with Crippen molar-refractivity contribution in [2.75, 3.05) is 0 Å². The molecule has 0 aliphatic rings. The summed E-state index contributed by atoms with van der Waals surface area (Å²) in [5.74, 6) is 1.51. The summed E-state index contributed by atoms with van der Waals surface area (Å²) < 4.78 is 5.17. The highest BCUT2D eigenvalue weighted by atomic mass is 16.5. The SMILES string of the molecule is CCCC(CCCCCc1ccccc1)[C@H](C)C/C=C\CCCC(=O)OC(C)C. The molecule has 0 aliphatic carbocycles. The number of ether oxygens (including phenoxy) is 1. The van der Waals surface area contributed by atoms with Gasteiger partial charge in [-0.3, -0.25) is 4.79 Å². The van der Waals surface area contributed by atoms with Crippen LogP contribution < -0.4 is 0 Å². The van der Waals surface area contributed by atoms with Crippen molar-refractivity contribution in [3.05, 3.63) is 48.0 Å². The number of allylic oxidation sites excluding steroid dienone is 2. The van der Waals surface area contributed by atoms with Gasteiger partial charge in [-0.05, 0) is 63.4 Å². The molecule has 0 radical (unpaired) electrons. The van der Waals surface area contributed by atoms with Crippen LogP contribution in [0.2, 0.25) is 0 Å². The van der Waals surface area contributed by atoms with Gasteiger partial charge in [0.05, 0.1) is 6.10 Å². The highest BCUT2D eigenvalue weighted by Crippen LogP contribution is 2.27. The molecule has 1 unspecified atom stereocenters. The van der Waals surface area contributed by atoms with Crippen LogP contribution in [0.1, 0.15) is 97.5 Å². The quantitative estimate of drug-likeness (QED) is 0.160. The molecule has 0 fully saturated rings. The molecule has 29 heavy (non-hydrogen) atoms. The molecule has 2 atom stereocenters. The molecule has 0 amide bonds. The van der Waals surface area contributed by atoms with Gasteiger partial charge in [0.15, 0.2) is 0 Å². The Morgan fingerprint density at radius 1 is 0.966 bits per heavy atom. The highest BCUT2D eigenvalue weighted by molar-refractivity contribution is 5.69. The number of unbranched alkanes of at least 4 members (excludes halogenated alkanes) is 3. The first-order chi connectivity index (χ1) is 14.0. The van der Waals surface area contributed by atoms with E-state index in [9.17, 15) is 4.79 Å². The van der Waals surface area contributed by atoms with Crippen molar-refractivity contribution < 1.29 is 9.53 Å². The van der Waals surface area contributed by atoms with Gasteiger partial charge in [-0.15, -0.1) is 0 Å². The molecule has 0 aliphatic heterocycles. The Balaban J connectivity index is 2.18. The van der Waals surface area contributed by atoms with Gasteiger partial charge in [0.1, 0.15) is 0 Å². The van der Waals surface area contributed by atoms with Gasteiger partial charge in [-0.25, -0.2) is 0 Å². The Labute approximate surface area is 180 Å². The minimum absolute atomic E-state index is 0.00673. The molecule has 0 bridgehead atoms. The number of hydrogen-bond donors (Lipinski definition) is 0. The number of rotatable bonds is 16. The smallest absolute Gasteiger partial charge is 0.306 e. The van der Waals surface area contributed by atoms with Crippen molar-refractivity contribution in [3.8, 4) is 0 Å². The van der Waals surface area contributed by atoms with E-state index in [4.69, 9.17) is 4.74 Å². The van der Waals surface area contributed by atoms with Crippen LogP contribution in [-0.4, -0.2) is 12.1 Å². The van der Waals surface area contributed by atoms with Crippen LogP contribution in [0.4, 0.5) is 0 Å². The average Bonchev–Trinajstić information content (AvgIpc) is 2.69. The fourth-order valence-corrected chi connectivity index (χ4v) is 3.95. The fraction of sp³-hybridized carbons (Fsp3) is 0.667. The molecular formula is C27H44O2. The zero-order chi connectivity index (χ0) is 21.3. The van der Waals surface area contributed by atoms with Crippen molar-refractivity contribution in [2.24, 2.45) is 11.8 Å². The number of benzene rings is 1. The maximum Gasteiger partial charge on any atom is 0.306 e. The first-order valence-corrected chi connectivity index (χ1v) is 11.9. The second-order valence-corrected chi connectivity index (χ2v) is 8.75. The summed E-state index contributed by atoms with van der Waals surface area (Å²) >= 11 is 0. The van der Waals surface area contributed by atoms with Crippen molar-refractivity contribution in [3.63, 3.8) is 0 Å². The molecule has 164 valence electrons. The lowest BCUT2D eigenvalue weighted by atomic mass is 9.83. The summed E-state index contributed by atoms with van der Waals surface area (Å²) in [7, 11) is 0. The van der Waals surface area contributed by atoms with Gasteiger partial charge in [-0.2, -0.15) is 0 Å². The van der Waals surface area contributed by atoms with E-state index in [2.05, 4.69) is 56.3 Å². The van der Waals surface area contributed by atoms with Gasteiger partial charge in [0, 0.05) is 6.42 Å². The average molecular weight is 401 g/mol. The van der Waals surface area contributed by atoms with E-state index in [1.807, 2.05) is 13.8 Å². The van der Waals surface area contributed by atoms with Crippen molar-refractivity contribution in [1.82, 2.24) is 0 Å². The van der Waals surface area contributed by atoms with E-state index >= 15 is 0 Å².